The van der Waals surface area contributed by atoms with Crippen molar-refractivity contribution in [2.75, 3.05) is 26.7 Å². The molecule has 0 unspecified atom stereocenters. The summed E-state index contributed by atoms with van der Waals surface area (Å²) in [7, 11) is 1.61. The van der Waals surface area contributed by atoms with Gasteiger partial charge in [0.05, 0.1) is 31.4 Å². The molecule has 0 saturated carbocycles. The molecule has 8 heteroatoms. The summed E-state index contributed by atoms with van der Waals surface area (Å²) in [5.41, 5.74) is 3.98. The molecule has 2 atom stereocenters. The maximum atomic E-state index is 13.6. The first-order valence-electron chi connectivity index (χ1n) is 10.6. The predicted molar refractivity (Wildman–Crippen MR) is 114 cm³/mol. The lowest BCUT2D eigenvalue weighted by atomic mass is 9.83. The summed E-state index contributed by atoms with van der Waals surface area (Å²) in [5.74, 6) is 1.36. The van der Waals surface area contributed by atoms with Crippen LogP contribution in [0.5, 0.6) is 11.5 Å². The number of H-pyrrole nitrogens is 1. The SMILES string of the molecule is COc1cc(OC2CNC2)ccc1[C@@H]1c2ccc3[nH]ncc3c2C[C@@H](C)N1CC(F)F. The molecule has 3 heterocycles. The van der Waals surface area contributed by atoms with Crippen LogP contribution in [0.15, 0.2) is 36.5 Å². The van der Waals surface area contributed by atoms with E-state index in [9.17, 15) is 8.78 Å². The molecule has 0 aliphatic carbocycles. The third-order valence-corrected chi connectivity index (χ3v) is 6.36. The fraction of sp³-hybridized carbons (Fsp3) is 0.435. The number of fused-ring (bicyclic) bond motifs is 3. The van der Waals surface area contributed by atoms with Crippen molar-refractivity contribution in [3.05, 3.63) is 53.2 Å². The molecule has 1 aromatic heterocycles. The van der Waals surface area contributed by atoms with E-state index in [1.54, 1.807) is 7.11 Å². The molecule has 1 fully saturated rings. The van der Waals surface area contributed by atoms with E-state index in [0.717, 1.165) is 46.4 Å². The first-order chi connectivity index (χ1) is 15.0. The van der Waals surface area contributed by atoms with Crippen molar-refractivity contribution >= 4 is 10.9 Å². The van der Waals surface area contributed by atoms with Gasteiger partial charge in [0.15, 0.2) is 0 Å². The molecule has 1 saturated heterocycles. The average molecular weight is 428 g/mol. The van der Waals surface area contributed by atoms with Crippen LogP contribution in [0, 0.1) is 0 Å². The third kappa shape index (κ3) is 3.64. The zero-order chi connectivity index (χ0) is 21.5. The minimum atomic E-state index is -2.43. The van der Waals surface area contributed by atoms with E-state index in [1.165, 1.54) is 0 Å². The van der Waals surface area contributed by atoms with Crippen molar-refractivity contribution in [2.24, 2.45) is 0 Å². The van der Waals surface area contributed by atoms with Gasteiger partial charge in [-0.3, -0.25) is 10.00 Å². The summed E-state index contributed by atoms with van der Waals surface area (Å²) in [4.78, 5) is 1.88. The maximum absolute atomic E-state index is 13.6. The molecular formula is C23H26F2N4O2. The monoisotopic (exact) mass is 428 g/mol. The molecule has 164 valence electrons. The highest BCUT2D eigenvalue weighted by atomic mass is 19.3. The molecular weight excluding hydrogens is 402 g/mol. The van der Waals surface area contributed by atoms with Gasteiger partial charge in [-0.05, 0) is 42.7 Å². The molecule has 5 rings (SSSR count). The van der Waals surface area contributed by atoms with E-state index < -0.39 is 6.43 Å². The molecule has 2 N–H and O–H groups in total. The highest BCUT2D eigenvalue weighted by Crippen LogP contribution is 2.44. The Morgan fingerprint density at radius 2 is 2.00 bits per heavy atom. The van der Waals surface area contributed by atoms with E-state index in [2.05, 4.69) is 15.5 Å². The molecule has 31 heavy (non-hydrogen) atoms. The molecule has 2 aromatic carbocycles. The molecule has 0 spiro atoms. The standard InChI is InChI=1S/C23H26F2N4O2/c1-13-7-18-16(5-6-20-19(18)11-27-28-20)23(29(13)12-22(24)25)17-4-3-14(8-21(17)30-2)31-15-9-26-10-15/h3-6,8,11,13,15,22-23,26H,7,9-10,12H2,1-2H3,(H,27,28)/t13-,23+/m1/s1. The Morgan fingerprint density at radius 3 is 2.71 bits per heavy atom. The number of aromatic nitrogens is 2. The highest BCUT2D eigenvalue weighted by Gasteiger charge is 2.37. The number of halogens is 2. The predicted octanol–water partition coefficient (Wildman–Crippen LogP) is 3.52. The number of rotatable bonds is 6. The van der Waals surface area contributed by atoms with Crippen molar-refractivity contribution in [1.82, 2.24) is 20.4 Å². The number of nitrogens with zero attached hydrogens (tertiary/aromatic N) is 2. The number of nitrogens with one attached hydrogen (secondary N) is 2. The van der Waals surface area contributed by atoms with Gasteiger partial charge >= 0.3 is 0 Å². The van der Waals surface area contributed by atoms with Crippen molar-refractivity contribution in [3.8, 4) is 11.5 Å². The van der Waals surface area contributed by atoms with E-state index in [1.807, 2.05) is 48.4 Å². The van der Waals surface area contributed by atoms with E-state index in [4.69, 9.17) is 9.47 Å². The van der Waals surface area contributed by atoms with Crippen LogP contribution in [0.25, 0.3) is 10.9 Å². The van der Waals surface area contributed by atoms with Gasteiger partial charge in [-0.15, -0.1) is 0 Å². The number of benzene rings is 2. The minimum Gasteiger partial charge on any atom is -0.496 e. The Labute approximate surface area is 179 Å². The lowest BCUT2D eigenvalue weighted by molar-refractivity contribution is 0.0459. The Kier molecular flexibility index (Phi) is 5.27. The third-order valence-electron chi connectivity index (χ3n) is 6.36. The summed E-state index contributed by atoms with van der Waals surface area (Å²) in [5, 5.41) is 11.4. The Morgan fingerprint density at radius 1 is 1.19 bits per heavy atom. The Balaban J connectivity index is 1.61. The van der Waals surface area contributed by atoms with Crippen LogP contribution in [-0.4, -0.2) is 60.4 Å². The van der Waals surface area contributed by atoms with Crippen LogP contribution in [0.2, 0.25) is 0 Å². The lowest BCUT2D eigenvalue weighted by Gasteiger charge is -2.42. The van der Waals surface area contributed by atoms with Crippen molar-refractivity contribution < 1.29 is 18.3 Å². The summed E-state index contributed by atoms with van der Waals surface area (Å²) in [6.45, 7) is 3.34. The lowest BCUT2D eigenvalue weighted by Crippen LogP contribution is -2.50. The molecule has 3 aromatic rings. The molecule has 0 radical (unpaired) electrons. The summed E-state index contributed by atoms with van der Waals surface area (Å²) < 4.78 is 38.9. The fourth-order valence-electron chi connectivity index (χ4n) is 4.74. The van der Waals surface area contributed by atoms with Crippen molar-refractivity contribution in [1.29, 1.82) is 0 Å². The molecule has 2 aliphatic rings. The van der Waals surface area contributed by atoms with Crippen LogP contribution in [0.1, 0.15) is 29.7 Å². The molecule has 0 amide bonds. The maximum Gasteiger partial charge on any atom is 0.251 e. The fourth-order valence-corrected chi connectivity index (χ4v) is 4.74. The number of hydrogen-bond acceptors (Lipinski definition) is 5. The first-order valence-corrected chi connectivity index (χ1v) is 10.6. The highest BCUT2D eigenvalue weighted by molar-refractivity contribution is 5.83. The van der Waals surface area contributed by atoms with Crippen LogP contribution in [-0.2, 0) is 6.42 Å². The second kappa shape index (κ2) is 8.09. The largest absolute Gasteiger partial charge is 0.496 e. The number of ether oxygens (including phenoxy) is 2. The van der Waals surface area contributed by atoms with Crippen molar-refractivity contribution in [3.63, 3.8) is 0 Å². The van der Waals surface area contributed by atoms with E-state index >= 15 is 0 Å². The summed E-state index contributed by atoms with van der Waals surface area (Å²) >= 11 is 0. The zero-order valence-electron chi connectivity index (χ0n) is 17.6. The minimum absolute atomic E-state index is 0.0614. The molecule has 0 bridgehead atoms. The van der Waals surface area contributed by atoms with E-state index in [-0.39, 0.29) is 24.7 Å². The van der Waals surface area contributed by atoms with Gasteiger partial charge in [0.1, 0.15) is 17.6 Å². The van der Waals surface area contributed by atoms with Gasteiger partial charge in [0.2, 0.25) is 0 Å². The zero-order valence-corrected chi connectivity index (χ0v) is 17.6. The number of methoxy groups -OCH3 is 1. The summed E-state index contributed by atoms with van der Waals surface area (Å²) in [6, 6.07) is 9.31. The van der Waals surface area contributed by atoms with Gasteiger partial charge in [-0.25, -0.2) is 8.78 Å². The van der Waals surface area contributed by atoms with Crippen LogP contribution < -0.4 is 14.8 Å². The van der Waals surface area contributed by atoms with Gasteiger partial charge in [-0.2, -0.15) is 5.10 Å². The number of hydrogen-bond donors (Lipinski definition) is 2. The second-order valence-electron chi connectivity index (χ2n) is 8.31. The normalized spacial score (nSPS) is 21.8. The Bertz CT molecular complexity index is 1080. The summed E-state index contributed by atoms with van der Waals surface area (Å²) in [6.07, 6.45) is 0.231. The molecule has 2 aliphatic heterocycles. The van der Waals surface area contributed by atoms with Gasteiger partial charge in [-0.1, -0.05) is 6.07 Å². The van der Waals surface area contributed by atoms with Crippen LogP contribution in [0.4, 0.5) is 8.78 Å². The Hall–Kier alpha value is -2.71. The van der Waals surface area contributed by atoms with E-state index in [0.29, 0.717) is 12.2 Å². The van der Waals surface area contributed by atoms with Gasteiger partial charge < -0.3 is 14.8 Å². The van der Waals surface area contributed by atoms with Crippen molar-refractivity contribution in [2.45, 2.75) is 38.0 Å². The topological polar surface area (TPSA) is 62.4 Å². The smallest absolute Gasteiger partial charge is 0.251 e. The van der Waals surface area contributed by atoms with Crippen LogP contribution >= 0.6 is 0 Å². The van der Waals surface area contributed by atoms with Crippen LogP contribution in [0.3, 0.4) is 0 Å². The number of aromatic amines is 1. The quantitative estimate of drug-likeness (QED) is 0.629. The number of alkyl halides is 2. The first kappa shape index (κ1) is 20.2. The van der Waals surface area contributed by atoms with Gasteiger partial charge in [0.25, 0.3) is 6.43 Å². The average Bonchev–Trinajstić information content (AvgIpc) is 3.20. The molecule has 6 nitrogen and oxygen atoms in total. The second-order valence-corrected chi connectivity index (χ2v) is 8.31. The van der Waals surface area contributed by atoms with Gasteiger partial charge in [0, 0.05) is 36.1 Å².